The largest absolute Gasteiger partial charge is 0.380 e. The van der Waals surface area contributed by atoms with Crippen LogP contribution in [0.25, 0.3) is 0 Å². The number of hydrogen-bond acceptors (Lipinski definition) is 3. The molecule has 3 nitrogen and oxygen atoms in total. The molecule has 2 atom stereocenters. The Morgan fingerprint density at radius 3 is 2.65 bits per heavy atom. The van der Waals surface area contributed by atoms with Gasteiger partial charge in [0, 0.05) is 18.7 Å². The zero-order chi connectivity index (χ0) is 11.9. The Labute approximate surface area is 106 Å². The quantitative estimate of drug-likeness (QED) is 0.813. The normalized spacial score (nSPS) is 32.3. The van der Waals surface area contributed by atoms with E-state index in [-0.39, 0.29) is 0 Å². The smallest absolute Gasteiger partial charge is 0.0637 e. The molecule has 2 aliphatic rings. The van der Waals surface area contributed by atoms with Gasteiger partial charge >= 0.3 is 0 Å². The Bertz CT molecular complexity index is 202. The van der Waals surface area contributed by atoms with E-state index in [1.807, 2.05) is 0 Å². The first kappa shape index (κ1) is 13.3. The van der Waals surface area contributed by atoms with Crippen LogP contribution in [0.3, 0.4) is 0 Å². The van der Waals surface area contributed by atoms with Crippen LogP contribution in [0.5, 0.6) is 0 Å². The summed E-state index contributed by atoms with van der Waals surface area (Å²) < 4.78 is 5.70. The Hall–Kier alpha value is -0.120. The van der Waals surface area contributed by atoms with Gasteiger partial charge in [-0.3, -0.25) is 4.90 Å². The Balaban J connectivity index is 1.89. The molecule has 0 aromatic heterocycles. The van der Waals surface area contributed by atoms with Crippen LogP contribution in [0, 0.1) is 0 Å². The van der Waals surface area contributed by atoms with Crippen molar-refractivity contribution >= 4 is 0 Å². The lowest BCUT2D eigenvalue weighted by atomic mass is 10.0. The molecule has 1 N–H and O–H groups in total. The zero-order valence-corrected chi connectivity index (χ0v) is 11.3. The Kier molecular flexibility index (Phi) is 5.75. The lowest BCUT2D eigenvalue weighted by molar-refractivity contribution is -0.00199. The standard InChI is InChI=1S/C14H28N2O/c1-2-8-15-13-7-11-17-12-14(13)16-9-5-3-4-6-10-16/h13-15H,2-12H2,1H3. The molecular formula is C14H28N2O. The third kappa shape index (κ3) is 3.94. The van der Waals surface area contributed by atoms with Crippen molar-refractivity contribution in [1.82, 2.24) is 10.2 Å². The van der Waals surface area contributed by atoms with Crippen LogP contribution in [0.2, 0.25) is 0 Å². The molecule has 2 fully saturated rings. The molecule has 2 heterocycles. The molecule has 0 saturated carbocycles. The number of nitrogens with zero attached hydrogens (tertiary/aromatic N) is 1. The molecule has 0 aliphatic carbocycles. The summed E-state index contributed by atoms with van der Waals surface area (Å²) in [6.45, 7) is 7.81. The van der Waals surface area contributed by atoms with E-state index in [2.05, 4.69) is 17.1 Å². The second kappa shape index (κ2) is 7.34. The minimum atomic E-state index is 0.619. The van der Waals surface area contributed by atoms with Gasteiger partial charge in [-0.05, 0) is 45.3 Å². The molecule has 2 saturated heterocycles. The van der Waals surface area contributed by atoms with E-state index >= 15 is 0 Å². The van der Waals surface area contributed by atoms with Gasteiger partial charge in [0.1, 0.15) is 0 Å². The number of likely N-dealkylation sites (tertiary alicyclic amines) is 1. The first-order valence-electron chi connectivity index (χ1n) is 7.47. The fraction of sp³-hybridized carbons (Fsp3) is 1.00. The lowest BCUT2D eigenvalue weighted by Gasteiger charge is -2.39. The maximum Gasteiger partial charge on any atom is 0.0637 e. The van der Waals surface area contributed by atoms with Gasteiger partial charge in [0.25, 0.3) is 0 Å². The van der Waals surface area contributed by atoms with E-state index in [0.717, 1.165) is 19.8 Å². The minimum absolute atomic E-state index is 0.619. The van der Waals surface area contributed by atoms with Crippen LogP contribution < -0.4 is 5.32 Å². The molecule has 0 aromatic carbocycles. The molecule has 2 rings (SSSR count). The molecule has 0 bridgehead atoms. The number of ether oxygens (including phenoxy) is 1. The van der Waals surface area contributed by atoms with Crippen molar-refractivity contribution in [2.75, 3.05) is 32.8 Å². The monoisotopic (exact) mass is 240 g/mol. The van der Waals surface area contributed by atoms with Gasteiger partial charge < -0.3 is 10.1 Å². The summed E-state index contributed by atoms with van der Waals surface area (Å²) in [4.78, 5) is 2.68. The first-order valence-corrected chi connectivity index (χ1v) is 7.47. The highest BCUT2D eigenvalue weighted by Crippen LogP contribution is 2.19. The minimum Gasteiger partial charge on any atom is -0.380 e. The topological polar surface area (TPSA) is 24.5 Å². The first-order chi connectivity index (χ1) is 8.42. The van der Waals surface area contributed by atoms with Crippen molar-refractivity contribution in [2.45, 2.75) is 57.5 Å². The molecule has 100 valence electrons. The zero-order valence-electron chi connectivity index (χ0n) is 11.3. The molecule has 17 heavy (non-hydrogen) atoms. The predicted molar refractivity (Wildman–Crippen MR) is 71.3 cm³/mol. The molecular weight excluding hydrogens is 212 g/mol. The second-order valence-electron chi connectivity index (χ2n) is 5.44. The van der Waals surface area contributed by atoms with Crippen LogP contribution in [0.1, 0.15) is 45.4 Å². The third-order valence-electron chi connectivity index (χ3n) is 4.09. The van der Waals surface area contributed by atoms with Crippen molar-refractivity contribution < 1.29 is 4.74 Å². The average molecular weight is 240 g/mol. The summed E-state index contributed by atoms with van der Waals surface area (Å²) in [6.07, 6.45) is 7.98. The highest BCUT2D eigenvalue weighted by Gasteiger charge is 2.30. The highest BCUT2D eigenvalue weighted by atomic mass is 16.5. The second-order valence-corrected chi connectivity index (χ2v) is 5.44. The molecule has 0 amide bonds. The van der Waals surface area contributed by atoms with Crippen LogP contribution in [0.15, 0.2) is 0 Å². The van der Waals surface area contributed by atoms with Gasteiger partial charge in [-0.25, -0.2) is 0 Å². The van der Waals surface area contributed by atoms with E-state index in [1.165, 1.54) is 51.6 Å². The lowest BCUT2D eigenvalue weighted by Crippen LogP contribution is -2.55. The van der Waals surface area contributed by atoms with Crippen LogP contribution in [-0.2, 0) is 4.74 Å². The average Bonchev–Trinajstić information content (AvgIpc) is 2.65. The van der Waals surface area contributed by atoms with Gasteiger partial charge in [-0.2, -0.15) is 0 Å². The van der Waals surface area contributed by atoms with Gasteiger partial charge in [0.05, 0.1) is 6.61 Å². The fourth-order valence-electron chi connectivity index (χ4n) is 3.08. The summed E-state index contributed by atoms with van der Waals surface area (Å²) >= 11 is 0. The summed E-state index contributed by atoms with van der Waals surface area (Å²) in [5.74, 6) is 0. The summed E-state index contributed by atoms with van der Waals surface area (Å²) in [5.41, 5.74) is 0. The molecule has 2 unspecified atom stereocenters. The summed E-state index contributed by atoms with van der Waals surface area (Å²) in [6, 6.07) is 1.27. The van der Waals surface area contributed by atoms with Gasteiger partial charge in [0.2, 0.25) is 0 Å². The fourth-order valence-corrected chi connectivity index (χ4v) is 3.08. The maximum atomic E-state index is 5.70. The van der Waals surface area contributed by atoms with Crippen molar-refractivity contribution in [3.8, 4) is 0 Å². The number of nitrogens with one attached hydrogen (secondary N) is 1. The SMILES string of the molecule is CCCNC1CCOCC1N1CCCCCC1. The van der Waals surface area contributed by atoms with E-state index in [0.29, 0.717) is 12.1 Å². The predicted octanol–water partition coefficient (Wildman–Crippen LogP) is 2.02. The molecule has 0 aromatic rings. The molecule has 3 heteroatoms. The third-order valence-corrected chi connectivity index (χ3v) is 4.09. The van der Waals surface area contributed by atoms with E-state index in [4.69, 9.17) is 4.74 Å². The highest BCUT2D eigenvalue weighted by molar-refractivity contribution is 4.88. The molecule has 2 aliphatic heterocycles. The van der Waals surface area contributed by atoms with Crippen molar-refractivity contribution in [2.24, 2.45) is 0 Å². The maximum absolute atomic E-state index is 5.70. The van der Waals surface area contributed by atoms with Crippen molar-refractivity contribution in [3.05, 3.63) is 0 Å². The van der Waals surface area contributed by atoms with Crippen LogP contribution in [-0.4, -0.2) is 49.8 Å². The van der Waals surface area contributed by atoms with Crippen molar-refractivity contribution in [1.29, 1.82) is 0 Å². The van der Waals surface area contributed by atoms with Crippen LogP contribution >= 0.6 is 0 Å². The molecule has 0 radical (unpaired) electrons. The van der Waals surface area contributed by atoms with E-state index in [1.54, 1.807) is 0 Å². The Morgan fingerprint density at radius 1 is 1.18 bits per heavy atom. The Morgan fingerprint density at radius 2 is 1.94 bits per heavy atom. The number of hydrogen-bond donors (Lipinski definition) is 1. The van der Waals surface area contributed by atoms with Gasteiger partial charge in [0.15, 0.2) is 0 Å². The van der Waals surface area contributed by atoms with Crippen LogP contribution in [0.4, 0.5) is 0 Å². The van der Waals surface area contributed by atoms with Gasteiger partial charge in [-0.1, -0.05) is 19.8 Å². The van der Waals surface area contributed by atoms with E-state index < -0.39 is 0 Å². The van der Waals surface area contributed by atoms with Crippen molar-refractivity contribution in [3.63, 3.8) is 0 Å². The molecule has 0 spiro atoms. The summed E-state index contributed by atoms with van der Waals surface area (Å²) in [7, 11) is 0. The number of rotatable bonds is 4. The van der Waals surface area contributed by atoms with E-state index in [9.17, 15) is 0 Å². The summed E-state index contributed by atoms with van der Waals surface area (Å²) in [5, 5.41) is 3.72. The van der Waals surface area contributed by atoms with Gasteiger partial charge in [-0.15, -0.1) is 0 Å².